The van der Waals surface area contributed by atoms with Gasteiger partial charge in [0, 0.05) is 36.0 Å². The summed E-state index contributed by atoms with van der Waals surface area (Å²) in [5, 5.41) is 9.00. The van der Waals surface area contributed by atoms with E-state index in [0.29, 0.717) is 17.0 Å². The number of benzene rings is 2. The fraction of sp³-hybridized carbons (Fsp3) is 0.318. The second-order valence-electron chi connectivity index (χ2n) is 7.11. The van der Waals surface area contributed by atoms with E-state index in [1.807, 2.05) is 30.3 Å². The van der Waals surface area contributed by atoms with Crippen LogP contribution in [0.15, 0.2) is 54.6 Å². The zero-order chi connectivity index (χ0) is 20.6. The molecule has 0 spiro atoms. The summed E-state index contributed by atoms with van der Waals surface area (Å²) < 4.78 is 0. The third-order valence-corrected chi connectivity index (χ3v) is 4.85. The van der Waals surface area contributed by atoms with Crippen molar-refractivity contribution in [2.75, 3.05) is 6.54 Å². The van der Waals surface area contributed by atoms with Crippen molar-refractivity contribution in [2.24, 2.45) is 0 Å². The number of hydrogen-bond acceptors (Lipinski definition) is 3. The normalized spacial score (nSPS) is 14.0. The largest absolute Gasteiger partial charge is 0.352 e. The third kappa shape index (κ3) is 6.91. The molecule has 3 amide bonds. The summed E-state index contributed by atoms with van der Waals surface area (Å²) in [5.41, 5.74) is 1.44. The highest BCUT2D eigenvalue weighted by atomic mass is 35.5. The molecule has 6 nitrogen and oxygen atoms in total. The van der Waals surface area contributed by atoms with Gasteiger partial charge < -0.3 is 16.0 Å². The highest BCUT2D eigenvalue weighted by Crippen LogP contribution is 2.19. The van der Waals surface area contributed by atoms with E-state index >= 15 is 0 Å². The van der Waals surface area contributed by atoms with Crippen molar-refractivity contribution >= 4 is 29.3 Å². The number of carbonyl (C=O) groups is 3. The van der Waals surface area contributed by atoms with Crippen molar-refractivity contribution in [2.45, 2.75) is 37.8 Å². The Hall–Kier alpha value is -2.86. The van der Waals surface area contributed by atoms with E-state index in [2.05, 4.69) is 16.0 Å². The maximum Gasteiger partial charge on any atom is 0.251 e. The second kappa shape index (κ2) is 10.1. The first-order valence-corrected chi connectivity index (χ1v) is 10.1. The lowest BCUT2D eigenvalue weighted by atomic mass is 10.0. The lowest BCUT2D eigenvalue weighted by molar-refractivity contribution is -0.129. The molecule has 1 aliphatic rings. The van der Waals surface area contributed by atoms with Gasteiger partial charge in [-0.3, -0.25) is 14.4 Å². The number of halogens is 1. The zero-order valence-electron chi connectivity index (χ0n) is 16.0. The summed E-state index contributed by atoms with van der Waals surface area (Å²) in [5.74, 6) is -0.732. The quantitative estimate of drug-likeness (QED) is 0.590. The van der Waals surface area contributed by atoms with E-state index in [0.717, 1.165) is 18.4 Å². The van der Waals surface area contributed by atoms with Crippen LogP contribution in [0.1, 0.15) is 35.2 Å². The molecule has 1 fully saturated rings. The van der Waals surface area contributed by atoms with Gasteiger partial charge >= 0.3 is 0 Å². The summed E-state index contributed by atoms with van der Waals surface area (Å²) in [6, 6.07) is 15.7. The number of nitrogens with one attached hydrogen (secondary N) is 3. The molecule has 1 aliphatic carbocycles. The minimum absolute atomic E-state index is 0.0847. The summed E-state index contributed by atoms with van der Waals surface area (Å²) >= 11 is 5.81. The highest BCUT2D eigenvalue weighted by molar-refractivity contribution is 6.30. The molecule has 0 radical (unpaired) electrons. The summed E-state index contributed by atoms with van der Waals surface area (Å²) in [6.07, 6.45) is 2.46. The number of hydrogen-bond donors (Lipinski definition) is 3. The van der Waals surface area contributed by atoms with Crippen molar-refractivity contribution in [3.63, 3.8) is 0 Å². The van der Waals surface area contributed by atoms with Crippen LogP contribution in [0.3, 0.4) is 0 Å². The molecule has 1 saturated carbocycles. The molecule has 0 aliphatic heterocycles. The Kier molecular flexibility index (Phi) is 7.25. The van der Waals surface area contributed by atoms with Gasteiger partial charge in [-0.2, -0.15) is 0 Å². The molecule has 29 heavy (non-hydrogen) atoms. The van der Waals surface area contributed by atoms with E-state index in [1.54, 1.807) is 24.3 Å². The maximum atomic E-state index is 12.5. The van der Waals surface area contributed by atoms with Crippen LogP contribution in [0, 0.1) is 0 Å². The lowest BCUT2D eigenvalue weighted by Crippen LogP contribution is -2.49. The molecular weight excluding hydrogens is 390 g/mol. The molecule has 0 bridgehead atoms. The van der Waals surface area contributed by atoms with Crippen LogP contribution in [0.25, 0.3) is 0 Å². The Morgan fingerprint density at radius 3 is 2.34 bits per heavy atom. The molecule has 1 atom stereocenters. The van der Waals surface area contributed by atoms with Crippen molar-refractivity contribution in [1.29, 1.82) is 0 Å². The van der Waals surface area contributed by atoms with E-state index in [1.165, 1.54) is 0 Å². The predicted molar refractivity (Wildman–Crippen MR) is 112 cm³/mol. The molecule has 152 valence electrons. The third-order valence-electron chi connectivity index (χ3n) is 4.60. The zero-order valence-corrected chi connectivity index (χ0v) is 16.7. The van der Waals surface area contributed by atoms with Gasteiger partial charge in [0.05, 0.1) is 0 Å². The second-order valence-corrected chi connectivity index (χ2v) is 7.54. The molecule has 3 N–H and O–H groups in total. The Balaban J connectivity index is 1.49. The maximum absolute atomic E-state index is 12.5. The monoisotopic (exact) mass is 413 g/mol. The molecule has 7 heteroatoms. The molecule has 0 aromatic heterocycles. The van der Waals surface area contributed by atoms with Gasteiger partial charge in [0.15, 0.2) is 0 Å². The Bertz CT molecular complexity index is 851. The van der Waals surface area contributed by atoms with Crippen LogP contribution < -0.4 is 16.0 Å². The topological polar surface area (TPSA) is 87.3 Å². The van der Waals surface area contributed by atoms with Crippen molar-refractivity contribution in [3.05, 3.63) is 70.7 Å². The molecular formula is C22H24ClN3O3. The van der Waals surface area contributed by atoms with E-state index < -0.39 is 6.04 Å². The van der Waals surface area contributed by atoms with Gasteiger partial charge in [-0.15, -0.1) is 0 Å². The van der Waals surface area contributed by atoms with Crippen LogP contribution in [-0.4, -0.2) is 36.3 Å². The number of carbonyl (C=O) groups excluding carboxylic acids is 3. The molecule has 2 aromatic carbocycles. The Labute approximate surface area is 175 Å². The van der Waals surface area contributed by atoms with Gasteiger partial charge in [0.2, 0.25) is 11.8 Å². The summed E-state index contributed by atoms with van der Waals surface area (Å²) in [7, 11) is 0. The van der Waals surface area contributed by atoms with Gasteiger partial charge in [0.1, 0.15) is 6.04 Å². The molecule has 2 aromatic rings. The smallest absolute Gasteiger partial charge is 0.251 e. The van der Waals surface area contributed by atoms with Crippen LogP contribution in [0.4, 0.5) is 0 Å². The summed E-state index contributed by atoms with van der Waals surface area (Å²) in [6.45, 7) is 0.176. The Morgan fingerprint density at radius 1 is 1.00 bits per heavy atom. The predicted octanol–water partition coefficient (Wildman–Crippen LogP) is 2.47. The average Bonchev–Trinajstić information content (AvgIpc) is 3.52. The van der Waals surface area contributed by atoms with E-state index in [4.69, 9.17) is 11.6 Å². The van der Waals surface area contributed by atoms with Gasteiger partial charge in [-0.25, -0.2) is 0 Å². The summed E-state index contributed by atoms with van der Waals surface area (Å²) in [4.78, 5) is 37.0. The molecule has 3 rings (SSSR count). The van der Waals surface area contributed by atoms with Crippen molar-refractivity contribution < 1.29 is 14.4 Å². The molecule has 1 unspecified atom stereocenters. The van der Waals surface area contributed by atoms with E-state index in [9.17, 15) is 14.4 Å². The van der Waals surface area contributed by atoms with Crippen LogP contribution in [0.5, 0.6) is 0 Å². The average molecular weight is 414 g/mol. The van der Waals surface area contributed by atoms with Gasteiger partial charge in [-0.1, -0.05) is 41.9 Å². The van der Waals surface area contributed by atoms with Crippen LogP contribution in [0.2, 0.25) is 5.02 Å². The Morgan fingerprint density at radius 2 is 1.69 bits per heavy atom. The van der Waals surface area contributed by atoms with Crippen molar-refractivity contribution in [3.8, 4) is 0 Å². The minimum atomic E-state index is -0.641. The fourth-order valence-electron chi connectivity index (χ4n) is 2.85. The molecule has 0 heterocycles. The fourth-order valence-corrected chi connectivity index (χ4v) is 2.97. The van der Waals surface area contributed by atoms with Gasteiger partial charge in [0.25, 0.3) is 5.91 Å². The highest BCUT2D eigenvalue weighted by Gasteiger charge is 2.28. The first kappa shape index (κ1) is 20.9. The first-order valence-electron chi connectivity index (χ1n) is 9.68. The number of rotatable bonds is 9. The van der Waals surface area contributed by atoms with Crippen LogP contribution >= 0.6 is 11.6 Å². The van der Waals surface area contributed by atoms with Gasteiger partial charge in [-0.05, 0) is 42.7 Å². The first-order chi connectivity index (χ1) is 14.0. The minimum Gasteiger partial charge on any atom is -0.352 e. The van der Waals surface area contributed by atoms with Crippen LogP contribution in [-0.2, 0) is 16.0 Å². The molecule has 0 saturated heterocycles. The van der Waals surface area contributed by atoms with Crippen molar-refractivity contribution in [1.82, 2.24) is 16.0 Å². The van der Waals surface area contributed by atoms with E-state index in [-0.39, 0.29) is 36.7 Å². The number of amides is 3. The standard InChI is InChI=1S/C22H24ClN3O3/c23-17-8-6-16(7-9-17)21(28)24-13-12-20(27)26-19(22(29)25-18-10-11-18)14-15-4-2-1-3-5-15/h1-9,18-19H,10-14H2,(H,24,28)(H,25,29)(H,26,27). The lowest BCUT2D eigenvalue weighted by Gasteiger charge is -2.19. The SMILES string of the molecule is O=C(CCNC(=O)c1ccc(Cl)cc1)NC(Cc1ccccc1)C(=O)NC1CC1.